The summed E-state index contributed by atoms with van der Waals surface area (Å²) in [7, 11) is 0. The number of aromatic nitrogens is 2. The molecule has 0 amide bonds. The van der Waals surface area contributed by atoms with E-state index in [1.807, 2.05) is 10.8 Å². The van der Waals surface area contributed by atoms with Crippen molar-refractivity contribution in [2.45, 2.75) is 45.3 Å². The van der Waals surface area contributed by atoms with E-state index in [1.165, 1.54) is 12.8 Å². The summed E-state index contributed by atoms with van der Waals surface area (Å²) in [6, 6.07) is 1.11. The first-order chi connectivity index (χ1) is 6.66. The summed E-state index contributed by atoms with van der Waals surface area (Å²) < 4.78 is 2.00. The quantitative estimate of drug-likeness (QED) is 0.759. The topological polar surface area (TPSA) is 55.9 Å². The third kappa shape index (κ3) is 2.07. The molecule has 1 fully saturated rings. The van der Waals surface area contributed by atoms with Crippen LogP contribution in [0.3, 0.4) is 0 Å². The fourth-order valence-corrected chi connectivity index (χ4v) is 1.50. The van der Waals surface area contributed by atoms with Gasteiger partial charge in [0.25, 0.3) is 0 Å². The van der Waals surface area contributed by atoms with Crippen LogP contribution in [-0.4, -0.2) is 15.6 Å². The number of nitrogens with two attached hydrogens (primary N) is 1. The number of hydrogen-bond donors (Lipinski definition) is 2. The van der Waals surface area contributed by atoms with Crippen LogP contribution in [0.5, 0.6) is 0 Å². The Balaban J connectivity index is 1.99. The van der Waals surface area contributed by atoms with Gasteiger partial charge in [0.1, 0.15) is 0 Å². The number of hydrogen-bond acceptors (Lipinski definition) is 3. The smallest absolute Gasteiger partial charge is 0.200 e. The van der Waals surface area contributed by atoms with Crippen molar-refractivity contribution in [1.82, 2.24) is 14.9 Å². The van der Waals surface area contributed by atoms with Gasteiger partial charge in [-0.3, -0.25) is 0 Å². The van der Waals surface area contributed by atoms with Crippen LogP contribution < -0.4 is 11.1 Å². The zero-order valence-electron chi connectivity index (χ0n) is 8.83. The van der Waals surface area contributed by atoms with Gasteiger partial charge in [-0.2, -0.15) is 0 Å². The second-order valence-corrected chi connectivity index (χ2v) is 4.25. The molecule has 0 radical (unpaired) electrons. The SMILES string of the molecule is CC(C)n1cc(CNC2CC2)nc1N. The van der Waals surface area contributed by atoms with E-state index in [1.54, 1.807) is 0 Å². The third-order valence-electron chi connectivity index (χ3n) is 2.52. The van der Waals surface area contributed by atoms with Crippen molar-refractivity contribution in [3.63, 3.8) is 0 Å². The van der Waals surface area contributed by atoms with Gasteiger partial charge < -0.3 is 15.6 Å². The predicted molar refractivity (Wildman–Crippen MR) is 56.9 cm³/mol. The van der Waals surface area contributed by atoms with Gasteiger partial charge in [0.2, 0.25) is 5.95 Å². The highest BCUT2D eigenvalue weighted by molar-refractivity contribution is 5.22. The number of nitrogens with one attached hydrogen (secondary N) is 1. The first-order valence-electron chi connectivity index (χ1n) is 5.23. The third-order valence-corrected chi connectivity index (χ3v) is 2.52. The number of imidazole rings is 1. The zero-order chi connectivity index (χ0) is 10.1. The molecule has 3 N–H and O–H groups in total. The Bertz CT molecular complexity index is 312. The van der Waals surface area contributed by atoms with Crippen molar-refractivity contribution in [3.8, 4) is 0 Å². The zero-order valence-corrected chi connectivity index (χ0v) is 8.83. The summed E-state index contributed by atoms with van der Waals surface area (Å²) in [5.74, 6) is 0.618. The highest BCUT2D eigenvalue weighted by atomic mass is 15.2. The van der Waals surface area contributed by atoms with Crippen LogP contribution >= 0.6 is 0 Å². The second-order valence-electron chi connectivity index (χ2n) is 4.25. The van der Waals surface area contributed by atoms with Gasteiger partial charge >= 0.3 is 0 Å². The van der Waals surface area contributed by atoms with Crippen molar-refractivity contribution in [3.05, 3.63) is 11.9 Å². The predicted octanol–water partition coefficient (Wildman–Crippen LogP) is 1.30. The van der Waals surface area contributed by atoms with E-state index in [0.29, 0.717) is 12.0 Å². The maximum Gasteiger partial charge on any atom is 0.200 e. The fourth-order valence-electron chi connectivity index (χ4n) is 1.50. The monoisotopic (exact) mass is 194 g/mol. The van der Waals surface area contributed by atoms with Crippen molar-refractivity contribution >= 4 is 5.95 Å². The Kier molecular flexibility index (Phi) is 2.46. The van der Waals surface area contributed by atoms with Crippen LogP contribution in [0.25, 0.3) is 0 Å². The molecule has 0 saturated heterocycles. The first-order valence-corrected chi connectivity index (χ1v) is 5.23. The highest BCUT2D eigenvalue weighted by Gasteiger charge is 2.20. The van der Waals surface area contributed by atoms with Gasteiger partial charge in [0, 0.05) is 24.8 Å². The van der Waals surface area contributed by atoms with Gasteiger partial charge in [-0.15, -0.1) is 0 Å². The normalized spacial score (nSPS) is 16.5. The molecule has 0 bridgehead atoms. The standard InChI is InChI=1S/C10H18N4/c1-7(2)14-6-9(13-10(14)11)5-12-8-3-4-8/h6-8,12H,3-5H2,1-2H3,(H2,11,13). The summed E-state index contributed by atoms with van der Waals surface area (Å²) in [6.45, 7) is 5.06. The number of nitrogen functional groups attached to an aromatic ring is 1. The Labute approximate surface area is 84.5 Å². The maximum absolute atomic E-state index is 5.79. The van der Waals surface area contributed by atoms with Gasteiger partial charge in [-0.05, 0) is 26.7 Å². The Hall–Kier alpha value is -1.03. The molecular formula is C10H18N4. The lowest BCUT2D eigenvalue weighted by Gasteiger charge is -2.06. The van der Waals surface area contributed by atoms with E-state index in [2.05, 4.69) is 24.1 Å². The van der Waals surface area contributed by atoms with Crippen LogP contribution in [0.2, 0.25) is 0 Å². The molecule has 1 aliphatic carbocycles. The fraction of sp³-hybridized carbons (Fsp3) is 0.700. The molecule has 78 valence electrons. The van der Waals surface area contributed by atoms with E-state index >= 15 is 0 Å². The van der Waals surface area contributed by atoms with E-state index in [0.717, 1.165) is 18.3 Å². The Morgan fingerprint density at radius 2 is 2.36 bits per heavy atom. The molecule has 0 atom stereocenters. The minimum Gasteiger partial charge on any atom is -0.369 e. The summed E-state index contributed by atoms with van der Waals surface area (Å²) >= 11 is 0. The molecule has 0 aromatic carbocycles. The minimum atomic E-state index is 0.386. The maximum atomic E-state index is 5.79. The van der Waals surface area contributed by atoms with Gasteiger partial charge in [0.15, 0.2) is 0 Å². The van der Waals surface area contributed by atoms with E-state index in [9.17, 15) is 0 Å². The number of nitrogens with zero attached hydrogens (tertiary/aromatic N) is 2. The molecule has 0 spiro atoms. The van der Waals surface area contributed by atoms with Crippen molar-refractivity contribution in [1.29, 1.82) is 0 Å². The van der Waals surface area contributed by atoms with Crippen LogP contribution in [0.15, 0.2) is 6.20 Å². The Morgan fingerprint density at radius 1 is 1.64 bits per heavy atom. The summed E-state index contributed by atoms with van der Waals surface area (Å²) in [6.07, 6.45) is 4.65. The molecule has 2 rings (SSSR count). The van der Waals surface area contributed by atoms with E-state index in [4.69, 9.17) is 5.73 Å². The second kappa shape index (κ2) is 3.61. The molecule has 1 aromatic heterocycles. The largest absolute Gasteiger partial charge is 0.369 e. The molecule has 0 unspecified atom stereocenters. The van der Waals surface area contributed by atoms with E-state index < -0.39 is 0 Å². The average Bonchev–Trinajstić information content (AvgIpc) is 2.86. The van der Waals surface area contributed by atoms with Gasteiger partial charge in [0.05, 0.1) is 5.69 Å². The molecule has 1 aliphatic rings. The molecule has 1 aromatic rings. The van der Waals surface area contributed by atoms with Crippen LogP contribution in [0.1, 0.15) is 38.4 Å². The lowest BCUT2D eigenvalue weighted by Crippen LogP contribution is -2.15. The van der Waals surface area contributed by atoms with Crippen LogP contribution in [0.4, 0.5) is 5.95 Å². The molecular weight excluding hydrogens is 176 g/mol. The minimum absolute atomic E-state index is 0.386. The van der Waals surface area contributed by atoms with E-state index in [-0.39, 0.29) is 0 Å². The van der Waals surface area contributed by atoms with Crippen molar-refractivity contribution in [2.24, 2.45) is 0 Å². The summed E-state index contributed by atoms with van der Waals surface area (Å²) in [5.41, 5.74) is 6.83. The molecule has 4 nitrogen and oxygen atoms in total. The molecule has 0 aliphatic heterocycles. The number of anilines is 1. The highest BCUT2D eigenvalue weighted by Crippen LogP contribution is 2.19. The van der Waals surface area contributed by atoms with Gasteiger partial charge in [-0.25, -0.2) is 4.98 Å². The molecule has 14 heavy (non-hydrogen) atoms. The molecule has 1 heterocycles. The summed E-state index contributed by atoms with van der Waals surface area (Å²) in [5, 5.41) is 3.42. The first kappa shape index (κ1) is 9.52. The van der Waals surface area contributed by atoms with Gasteiger partial charge in [-0.1, -0.05) is 0 Å². The Morgan fingerprint density at radius 3 is 2.86 bits per heavy atom. The van der Waals surface area contributed by atoms with Crippen molar-refractivity contribution in [2.75, 3.05) is 5.73 Å². The van der Waals surface area contributed by atoms with Crippen LogP contribution in [-0.2, 0) is 6.54 Å². The van der Waals surface area contributed by atoms with Crippen molar-refractivity contribution < 1.29 is 0 Å². The number of rotatable bonds is 4. The molecule has 1 saturated carbocycles. The summed E-state index contributed by atoms with van der Waals surface area (Å²) in [4.78, 5) is 4.31. The lowest BCUT2D eigenvalue weighted by atomic mass is 10.4. The van der Waals surface area contributed by atoms with Crippen LogP contribution in [0, 0.1) is 0 Å². The average molecular weight is 194 g/mol. The molecule has 4 heteroatoms. The lowest BCUT2D eigenvalue weighted by molar-refractivity contribution is 0.606.